The van der Waals surface area contributed by atoms with Crippen molar-refractivity contribution >= 4 is 27.5 Å². The Morgan fingerprint density at radius 2 is 1.72 bits per heavy atom. The zero-order chi connectivity index (χ0) is 35.5. The molecule has 0 spiro atoms. The van der Waals surface area contributed by atoms with Gasteiger partial charge in [0.15, 0.2) is 0 Å². The van der Waals surface area contributed by atoms with Crippen LogP contribution in [0.15, 0.2) is 47.4 Å². The zero-order valence-corrected chi connectivity index (χ0v) is 29.9. The first kappa shape index (κ1) is 36.7. The molecule has 0 bridgehead atoms. The summed E-state index contributed by atoms with van der Waals surface area (Å²) in [6.45, 7) is 6.33. The summed E-state index contributed by atoms with van der Waals surface area (Å²) in [4.78, 5) is 6.77. The highest BCUT2D eigenvalue weighted by Crippen LogP contribution is 2.40. The number of benzene rings is 2. The normalized spacial score (nSPS) is 18.9. The van der Waals surface area contributed by atoms with Crippen LogP contribution >= 0.6 is 11.8 Å². The van der Waals surface area contributed by atoms with Crippen molar-refractivity contribution in [3.05, 3.63) is 64.8 Å². The maximum atomic E-state index is 14.1. The van der Waals surface area contributed by atoms with Gasteiger partial charge in [-0.25, -0.2) is 8.42 Å². The van der Waals surface area contributed by atoms with Crippen molar-refractivity contribution < 1.29 is 26.7 Å². The van der Waals surface area contributed by atoms with Crippen LogP contribution in [0.4, 0.5) is 18.9 Å². The molecule has 3 aromatic rings. The first-order chi connectivity index (χ1) is 23.9. The number of alkyl halides is 3. The Morgan fingerprint density at radius 1 is 0.980 bits per heavy atom. The number of para-hydroxylation sites is 1. The lowest BCUT2D eigenvalue weighted by Crippen LogP contribution is -2.49. The van der Waals surface area contributed by atoms with Crippen LogP contribution in [0.2, 0.25) is 0 Å². The lowest BCUT2D eigenvalue weighted by molar-refractivity contribution is -0.139. The Labute approximate surface area is 296 Å². The van der Waals surface area contributed by atoms with Crippen molar-refractivity contribution in [2.24, 2.45) is 0 Å². The lowest BCUT2D eigenvalue weighted by atomic mass is 10.0. The van der Waals surface area contributed by atoms with E-state index in [1.165, 1.54) is 34.6 Å². The predicted molar refractivity (Wildman–Crippen MR) is 188 cm³/mol. The first-order valence-electron chi connectivity index (χ1n) is 17.2. The first-order valence-corrected chi connectivity index (χ1v) is 20.0. The molecule has 2 fully saturated rings. The molecular formula is C35H44F3N7O3S2. The second-order valence-electron chi connectivity index (χ2n) is 13.3. The molecule has 2 saturated heterocycles. The Balaban J connectivity index is 1.21. The molecule has 1 aromatic heterocycles. The molecule has 0 radical (unpaired) electrons. The van der Waals surface area contributed by atoms with Gasteiger partial charge in [0.25, 0.3) is 0 Å². The summed E-state index contributed by atoms with van der Waals surface area (Å²) in [5, 5.41) is 25.6. The average Bonchev–Trinajstić information content (AvgIpc) is 3.45. The quantitative estimate of drug-likeness (QED) is 0.285. The lowest BCUT2D eigenvalue weighted by Gasteiger charge is -2.37. The fourth-order valence-electron chi connectivity index (χ4n) is 7.19. The third-order valence-corrected chi connectivity index (χ3v) is 12.1. The van der Waals surface area contributed by atoms with Crippen LogP contribution in [0.1, 0.15) is 41.6 Å². The van der Waals surface area contributed by atoms with Gasteiger partial charge < -0.3 is 14.9 Å². The van der Waals surface area contributed by atoms with E-state index < -0.39 is 27.9 Å². The molecular weight excluding hydrogens is 688 g/mol. The largest absolute Gasteiger partial charge is 0.417 e. The number of halogens is 3. The van der Waals surface area contributed by atoms with Gasteiger partial charge in [-0.3, -0.25) is 9.58 Å². The molecule has 3 aliphatic rings. The van der Waals surface area contributed by atoms with Crippen LogP contribution in [0, 0.1) is 11.3 Å². The van der Waals surface area contributed by atoms with E-state index in [-0.39, 0.29) is 24.5 Å². The van der Waals surface area contributed by atoms with E-state index in [0.717, 1.165) is 49.6 Å². The van der Waals surface area contributed by atoms with Gasteiger partial charge in [-0.05, 0) is 50.2 Å². The number of hydrogen-bond acceptors (Lipinski definition) is 9. The standard InChI is InChI=1S/C35H44F3N7O3S2/c1-50(47,48)44-14-11-32-29(25-44)34(26-9-10-30(35(36,37)38)33(21-26)49-20-19-41-12-5-2-6-13-41)40-45(32)24-28(46)23-42-15-17-43(18-16-42)31-8-4-3-7-27(31)22-39/h3-4,7-10,21,28,46H,2,5-6,11-20,23-25H2,1H3. The van der Waals surface area contributed by atoms with E-state index >= 15 is 0 Å². The highest BCUT2D eigenvalue weighted by molar-refractivity contribution is 7.99. The Bertz CT molecular complexity index is 1800. The van der Waals surface area contributed by atoms with Gasteiger partial charge in [-0.1, -0.05) is 24.6 Å². The zero-order valence-electron chi connectivity index (χ0n) is 28.3. The van der Waals surface area contributed by atoms with Crippen molar-refractivity contribution in [1.82, 2.24) is 23.9 Å². The van der Waals surface area contributed by atoms with E-state index in [9.17, 15) is 32.0 Å². The second-order valence-corrected chi connectivity index (χ2v) is 16.5. The number of β-amino-alcohol motifs (C(OH)–C–C–N with tert-alkyl or cyclic N) is 1. The summed E-state index contributed by atoms with van der Waals surface area (Å²) in [6, 6.07) is 13.8. The topological polar surface area (TPSA) is 109 Å². The number of aliphatic hydroxyl groups excluding tert-OH is 1. The maximum absolute atomic E-state index is 14.1. The molecule has 1 unspecified atom stereocenters. The molecule has 15 heteroatoms. The van der Waals surface area contributed by atoms with Crippen molar-refractivity contribution in [1.29, 1.82) is 5.26 Å². The Morgan fingerprint density at radius 3 is 2.42 bits per heavy atom. The van der Waals surface area contributed by atoms with E-state index in [1.54, 1.807) is 10.7 Å². The van der Waals surface area contributed by atoms with E-state index in [0.29, 0.717) is 73.8 Å². The van der Waals surface area contributed by atoms with Crippen molar-refractivity contribution in [2.75, 3.05) is 75.8 Å². The van der Waals surface area contributed by atoms with Gasteiger partial charge in [-0.15, -0.1) is 11.8 Å². The number of nitriles is 1. The number of sulfonamides is 1. The summed E-state index contributed by atoms with van der Waals surface area (Å²) >= 11 is 1.19. The maximum Gasteiger partial charge on any atom is 0.417 e. The van der Waals surface area contributed by atoms with Gasteiger partial charge in [0.05, 0.1) is 41.4 Å². The number of aromatic nitrogens is 2. The number of thioether (sulfide) groups is 1. The minimum Gasteiger partial charge on any atom is -0.390 e. The monoisotopic (exact) mass is 731 g/mol. The van der Waals surface area contributed by atoms with Crippen molar-refractivity contribution in [3.63, 3.8) is 0 Å². The second kappa shape index (κ2) is 15.6. The number of piperazine rings is 1. The predicted octanol–water partition coefficient (Wildman–Crippen LogP) is 4.52. The van der Waals surface area contributed by atoms with E-state index in [4.69, 9.17) is 5.10 Å². The number of rotatable bonds is 11. The van der Waals surface area contributed by atoms with Gasteiger partial charge in [-0.2, -0.15) is 27.8 Å². The van der Waals surface area contributed by atoms with Crippen LogP contribution in [-0.2, 0) is 35.7 Å². The van der Waals surface area contributed by atoms with Crippen LogP contribution in [0.5, 0.6) is 0 Å². The van der Waals surface area contributed by atoms with Crippen LogP contribution < -0.4 is 4.90 Å². The molecule has 0 amide bonds. The smallest absolute Gasteiger partial charge is 0.390 e. The summed E-state index contributed by atoms with van der Waals surface area (Å²) < 4.78 is 70.6. The summed E-state index contributed by atoms with van der Waals surface area (Å²) in [6.07, 6.45) is -0.382. The molecule has 50 heavy (non-hydrogen) atoms. The fourth-order valence-corrected chi connectivity index (χ4v) is 9.10. The molecule has 6 rings (SSSR count). The third-order valence-electron chi connectivity index (χ3n) is 9.83. The molecule has 0 aliphatic carbocycles. The number of anilines is 1. The number of aliphatic hydroxyl groups is 1. The highest BCUT2D eigenvalue weighted by atomic mass is 32.2. The van der Waals surface area contributed by atoms with E-state index in [2.05, 4.69) is 20.8 Å². The van der Waals surface area contributed by atoms with Gasteiger partial charge in [0, 0.05) is 86.2 Å². The molecule has 0 saturated carbocycles. The minimum absolute atomic E-state index is 0.0597. The molecule has 270 valence electrons. The summed E-state index contributed by atoms with van der Waals surface area (Å²) in [7, 11) is -3.53. The van der Waals surface area contributed by atoms with Gasteiger partial charge >= 0.3 is 6.18 Å². The number of hydrogen-bond donors (Lipinski definition) is 1. The average molecular weight is 732 g/mol. The van der Waals surface area contributed by atoms with Gasteiger partial charge in [0.2, 0.25) is 10.0 Å². The highest BCUT2D eigenvalue weighted by Gasteiger charge is 2.35. The number of fused-ring (bicyclic) bond motifs is 1. The number of nitrogens with zero attached hydrogens (tertiary/aromatic N) is 7. The van der Waals surface area contributed by atoms with Crippen LogP contribution in [-0.4, -0.2) is 114 Å². The number of piperidine rings is 1. The molecule has 10 nitrogen and oxygen atoms in total. The minimum atomic E-state index is -4.52. The molecule has 2 aromatic carbocycles. The SMILES string of the molecule is CS(=O)(=O)N1CCc2c(c(-c3ccc(C(F)(F)F)c(SCCN4CCCCC4)c3)nn2CC(O)CN2CCN(c3ccccc3C#N)CC2)C1. The Kier molecular flexibility index (Phi) is 11.5. The molecule has 3 aliphatic heterocycles. The molecule has 1 atom stereocenters. The van der Waals surface area contributed by atoms with Crippen LogP contribution in [0.25, 0.3) is 11.3 Å². The number of likely N-dealkylation sites (tertiary alicyclic amines) is 1. The Hall–Kier alpha value is -3.13. The fraction of sp³-hybridized carbons (Fsp3) is 0.543. The third kappa shape index (κ3) is 8.66. The summed E-state index contributed by atoms with van der Waals surface area (Å²) in [5.74, 6) is 0.520. The van der Waals surface area contributed by atoms with Crippen molar-refractivity contribution in [3.8, 4) is 17.3 Å². The van der Waals surface area contributed by atoms with Gasteiger partial charge in [0.1, 0.15) is 6.07 Å². The molecule has 4 heterocycles. The van der Waals surface area contributed by atoms with Crippen molar-refractivity contribution in [2.45, 2.75) is 55.9 Å². The summed E-state index contributed by atoms with van der Waals surface area (Å²) in [5.41, 5.74) is 3.22. The molecule has 1 N–H and O–H groups in total. The van der Waals surface area contributed by atoms with Crippen LogP contribution in [0.3, 0.4) is 0 Å². The van der Waals surface area contributed by atoms with E-state index in [1.807, 2.05) is 18.2 Å².